The number of hydrazine groups is 1. The van der Waals surface area contributed by atoms with Crippen LogP contribution in [0.2, 0.25) is 0 Å². The predicted molar refractivity (Wildman–Crippen MR) is 76.7 cm³/mol. The summed E-state index contributed by atoms with van der Waals surface area (Å²) < 4.78 is 62.7. The number of carbonyl (C=O) groups is 1. The highest BCUT2D eigenvalue weighted by atomic mass is 32.2. The summed E-state index contributed by atoms with van der Waals surface area (Å²) >= 11 is 0. The summed E-state index contributed by atoms with van der Waals surface area (Å²) in [7, 11) is -4.41. The number of hydrogen-bond acceptors (Lipinski definition) is 3. The third-order valence-corrected chi connectivity index (χ3v) is 4.38. The monoisotopic (exact) mass is 344 g/mol. The third kappa shape index (κ3) is 3.81. The molecule has 5 nitrogen and oxygen atoms in total. The highest BCUT2D eigenvalue weighted by molar-refractivity contribution is 7.92. The molecule has 0 unspecified atom stereocenters. The lowest BCUT2D eigenvalue weighted by Gasteiger charge is -2.25. The molecule has 0 saturated heterocycles. The van der Waals surface area contributed by atoms with Crippen molar-refractivity contribution in [3.05, 3.63) is 60.7 Å². The molecule has 2 rings (SSSR count). The van der Waals surface area contributed by atoms with Gasteiger partial charge in [-0.05, 0) is 24.3 Å². The lowest BCUT2D eigenvalue weighted by Crippen LogP contribution is -2.51. The van der Waals surface area contributed by atoms with Crippen LogP contribution in [-0.4, -0.2) is 20.5 Å². The number of rotatable bonds is 4. The van der Waals surface area contributed by atoms with Gasteiger partial charge in [0, 0.05) is 0 Å². The zero-order chi connectivity index (χ0) is 17.1. The minimum absolute atomic E-state index is 0.131. The Bertz CT molecular complexity index is 778. The summed E-state index contributed by atoms with van der Waals surface area (Å²) in [5.41, 5.74) is 1.26. The largest absolute Gasteiger partial charge is 0.472 e. The molecular formula is C14H11F3N2O3S. The molecule has 0 saturated carbocycles. The van der Waals surface area contributed by atoms with Gasteiger partial charge >= 0.3 is 12.1 Å². The zero-order valence-corrected chi connectivity index (χ0v) is 12.3. The standard InChI is InChI=1S/C14H11F3N2O3S/c15-14(16,17)13(20)18-19(11-7-3-1-4-8-11)23(21,22)12-9-5-2-6-10-12/h1-10H,(H,18,20). The van der Waals surface area contributed by atoms with E-state index in [1.165, 1.54) is 54.0 Å². The molecule has 0 atom stereocenters. The first-order valence-electron chi connectivity index (χ1n) is 6.26. The third-order valence-electron chi connectivity index (χ3n) is 2.73. The van der Waals surface area contributed by atoms with Crippen LogP contribution >= 0.6 is 0 Å². The number of carbonyl (C=O) groups excluding carboxylic acids is 1. The lowest BCUT2D eigenvalue weighted by molar-refractivity contribution is -0.173. The first-order valence-corrected chi connectivity index (χ1v) is 7.70. The maximum Gasteiger partial charge on any atom is 0.472 e. The van der Waals surface area contributed by atoms with Crippen LogP contribution in [0.1, 0.15) is 0 Å². The van der Waals surface area contributed by atoms with Crippen molar-refractivity contribution >= 4 is 21.6 Å². The van der Waals surface area contributed by atoms with Crippen LogP contribution in [0.25, 0.3) is 0 Å². The van der Waals surface area contributed by atoms with Gasteiger partial charge in [0.15, 0.2) is 0 Å². The van der Waals surface area contributed by atoms with Crippen LogP contribution in [0, 0.1) is 0 Å². The SMILES string of the molecule is O=C(NN(c1ccccc1)S(=O)(=O)c1ccccc1)C(F)(F)F. The van der Waals surface area contributed by atoms with E-state index in [1.807, 2.05) is 0 Å². The van der Waals surface area contributed by atoms with E-state index in [0.717, 1.165) is 0 Å². The van der Waals surface area contributed by atoms with E-state index in [9.17, 15) is 26.4 Å². The molecule has 0 heterocycles. The van der Waals surface area contributed by atoms with Crippen LogP contribution in [0.4, 0.5) is 18.9 Å². The van der Waals surface area contributed by atoms with E-state index in [2.05, 4.69) is 0 Å². The number of hydrogen-bond donors (Lipinski definition) is 1. The van der Waals surface area contributed by atoms with Crippen molar-refractivity contribution in [1.29, 1.82) is 0 Å². The number of anilines is 1. The Morgan fingerprint density at radius 2 is 1.39 bits per heavy atom. The van der Waals surface area contributed by atoms with Crippen molar-refractivity contribution < 1.29 is 26.4 Å². The molecule has 0 radical (unpaired) electrons. The summed E-state index contributed by atoms with van der Waals surface area (Å²) in [6.45, 7) is 0. The molecule has 2 aromatic carbocycles. The summed E-state index contributed by atoms with van der Waals surface area (Å²) in [6.07, 6.45) is -5.22. The summed E-state index contributed by atoms with van der Waals surface area (Å²) in [4.78, 5) is 10.9. The normalized spacial score (nSPS) is 11.8. The van der Waals surface area contributed by atoms with E-state index in [-0.39, 0.29) is 15.0 Å². The van der Waals surface area contributed by atoms with E-state index >= 15 is 0 Å². The van der Waals surface area contributed by atoms with Gasteiger partial charge in [-0.25, -0.2) is 5.43 Å². The molecule has 0 spiro atoms. The van der Waals surface area contributed by atoms with Crippen LogP contribution in [0.5, 0.6) is 0 Å². The second-order valence-electron chi connectivity index (χ2n) is 4.36. The minimum Gasteiger partial charge on any atom is -0.263 e. The topological polar surface area (TPSA) is 66.5 Å². The molecule has 0 bridgehead atoms. The van der Waals surface area contributed by atoms with E-state index in [4.69, 9.17) is 0 Å². The number of benzene rings is 2. The average Bonchev–Trinajstić information content (AvgIpc) is 2.53. The van der Waals surface area contributed by atoms with Crippen molar-refractivity contribution in [3.63, 3.8) is 0 Å². The van der Waals surface area contributed by atoms with Crippen LogP contribution in [0.3, 0.4) is 0 Å². The first-order chi connectivity index (χ1) is 10.7. The Morgan fingerprint density at radius 3 is 1.87 bits per heavy atom. The molecule has 1 N–H and O–H groups in total. The molecule has 1 amide bonds. The van der Waals surface area contributed by atoms with Gasteiger partial charge in [-0.3, -0.25) is 4.79 Å². The number of amides is 1. The quantitative estimate of drug-likeness (QED) is 0.867. The fraction of sp³-hybridized carbons (Fsp3) is 0.0714. The van der Waals surface area contributed by atoms with Gasteiger partial charge in [0.2, 0.25) is 0 Å². The molecule has 2 aromatic rings. The van der Waals surface area contributed by atoms with Crippen LogP contribution < -0.4 is 9.84 Å². The van der Waals surface area contributed by atoms with E-state index in [0.29, 0.717) is 0 Å². The average molecular weight is 344 g/mol. The van der Waals surface area contributed by atoms with Gasteiger partial charge in [-0.1, -0.05) is 36.4 Å². The second-order valence-corrected chi connectivity index (χ2v) is 6.14. The number of para-hydroxylation sites is 1. The number of alkyl halides is 3. The van der Waals surface area contributed by atoms with E-state index < -0.39 is 22.1 Å². The van der Waals surface area contributed by atoms with Crippen LogP contribution in [0.15, 0.2) is 65.6 Å². The summed E-state index contributed by atoms with van der Waals surface area (Å²) in [5, 5.41) is 0. The Morgan fingerprint density at radius 1 is 0.913 bits per heavy atom. The number of sulfonamides is 1. The van der Waals surface area contributed by atoms with E-state index in [1.54, 1.807) is 12.1 Å². The minimum atomic E-state index is -5.22. The molecule has 9 heteroatoms. The van der Waals surface area contributed by atoms with Gasteiger partial charge in [0.1, 0.15) is 0 Å². The Labute approximate surface area is 130 Å². The predicted octanol–water partition coefficient (Wildman–Crippen LogP) is 2.48. The van der Waals surface area contributed by atoms with Gasteiger partial charge in [0.05, 0.1) is 10.6 Å². The Hall–Kier alpha value is -2.55. The zero-order valence-electron chi connectivity index (χ0n) is 11.5. The fourth-order valence-electron chi connectivity index (χ4n) is 1.68. The van der Waals surface area contributed by atoms with Crippen LogP contribution in [-0.2, 0) is 14.8 Å². The highest BCUT2D eigenvalue weighted by Gasteiger charge is 2.41. The molecular weight excluding hydrogens is 333 g/mol. The first kappa shape index (κ1) is 16.8. The second kappa shape index (κ2) is 6.29. The molecule has 0 aliphatic carbocycles. The highest BCUT2D eigenvalue weighted by Crippen LogP contribution is 2.23. The van der Waals surface area contributed by atoms with Crippen molar-refractivity contribution in [2.75, 3.05) is 4.41 Å². The molecule has 23 heavy (non-hydrogen) atoms. The maximum absolute atomic E-state index is 12.5. The lowest BCUT2D eigenvalue weighted by atomic mass is 10.3. The summed E-state index contributed by atoms with van der Waals surface area (Å²) in [6, 6.07) is 13.8. The van der Waals surface area contributed by atoms with Crippen molar-refractivity contribution in [2.45, 2.75) is 11.1 Å². The fourth-order valence-corrected chi connectivity index (χ4v) is 2.99. The van der Waals surface area contributed by atoms with Gasteiger partial charge in [-0.15, -0.1) is 0 Å². The van der Waals surface area contributed by atoms with Crippen molar-refractivity contribution in [3.8, 4) is 0 Å². The maximum atomic E-state index is 12.5. The number of nitrogens with one attached hydrogen (secondary N) is 1. The van der Waals surface area contributed by atoms with Crippen molar-refractivity contribution in [2.24, 2.45) is 0 Å². The van der Waals surface area contributed by atoms with Crippen molar-refractivity contribution in [1.82, 2.24) is 5.43 Å². The number of nitrogens with zero attached hydrogens (tertiary/aromatic N) is 1. The molecule has 0 fully saturated rings. The van der Waals surface area contributed by atoms with Gasteiger partial charge in [0.25, 0.3) is 10.0 Å². The van der Waals surface area contributed by atoms with Gasteiger partial charge < -0.3 is 0 Å². The Kier molecular flexibility index (Phi) is 4.60. The van der Waals surface area contributed by atoms with Gasteiger partial charge in [-0.2, -0.15) is 26.0 Å². The number of halogens is 3. The summed E-state index contributed by atoms with van der Waals surface area (Å²) in [5.74, 6) is -2.39. The molecule has 0 aromatic heterocycles. The molecule has 0 aliphatic heterocycles. The molecule has 122 valence electrons. The Balaban J connectivity index is 2.48. The molecule has 0 aliphatic rings. The smallest absolute Gasteiger partial charge is 0.263 e.